The summed E-state index contributed by atoms with van der Waals surface area (Å²) in [6.07, 6.45) is 1.26. The first-order valence-corrected chi connectivity index (χ1v) is 6.67. The number of piperidine rings is 1. The molecule has 1 unspecified atom stereocenters. The Labute approximate surface area is 116 Å². The number of rotatable bonds is 2. The zero-order valence-electron chi connectivity index (χ0n) is 10.9. The Hall–Kier alpha value is -2.01. The predicted molar refractivity (Wildman–Crippen MR) is 72.3 cm³/mol. The smallest absolute Gasteiger partial charge is 0.261 e. The Morgan fingerprint density at radius 2 is 1.90 bits per heavy atom. The Morgan fingerprint density at radius 1 is 1.25 bits per heavy atom. The number of hydrogen-bond donors (Lipinski definition) is 1. The number of imide groups is 1. The van der Waals surface area contributed by atoms with Crippen LogP contribution in [0.25, 0.3) is 0 Å². The van der Waals surface area contributed by atoms with Gasteiger partial charge in [-0.1, -0.05) is 18.2 Å². The number of amides is 2. The van der Waals surface area contributed by atoms with Crippen molar-refractivity contribution in [1.82, 2.24) is 10.2 Å². The van der Waals surface area contributed by atoms with E-state index in [0.717, 1.165) is 6.54 Å². The van der Waals surface area contributed by atoms with E-state index in [2.05, 4.69) is 5.32 Å². The minimum absolute atomic E-state index is 0.141. The zero-order chi connectivity index (χ0) is 14.1. The molecule has 0 bridgehead atoms. The van der Waals surface area contributed by atoms with Gasteiger partial charge in [0.05, 0.1) is 11.1 Å². The summed E-state index contributed by atoms with van der Waals surface area (Å²) in [6, 6.07) is 6.75. The maximum Gasteiger partial charge on any atom is 0.261 e. The summed E-state index contributed by atoms with van der Waals surface area (Å²) in [5.41, 5.74) is 1.52. The van der Waals surface area contributed by atoms with Crippen molar-refractivity contribution < 1.29 is 14.0 Å². The Morgan fingerprint density at radius 3 is 2.50 bits per heavy atom. The average molecular weight is 274 g/mol. The van der Waals surface area contributed by atoms with Gasteiger partial charge in [0.1, 0.15) is 6.17 Å². The number of hydrogen-bond acceptors (Lipinski definition) is 3. The van der Waals surface area contributed by atoms with Crippen LogP contribution in [0, 0.1) is 0 Å². The molecular weight excluding hydrogens is 259 g/mol. The highest BCUT2D eigenvalue weighted by molar-refractivity contribution is 6.21. The maximum atomic E-state index is 13.7. The van der Waals surface area contributed by atoms with E-state index in [0.29, 0.717) is 29.7 Å². The van der Waals surface area contributed by atoms with Crippen molar-refractivity contribution in [1.29, 1.82) is 0 Å². The van der Waals surface area contributed by atoms with Gasteiger partial charge in [-0.3, -0.25) is 14.5 Å². The Bertz CT molecular complexity index is 562. The second-order valence-electron chi connectivity index (χ2n) is 4.97. The third-order valence-corrected chi connectivity index (χ3v) is 3.73. The molecule has 2 aliphatic rings. The quantitative estimate of drug-likeness (QED) is 0.657. The summed E-state index contributed by atoms with van der Waals surface area (Å²) in [5.74, 6) is -0.599. The molecule has 1 N–H and O–H groups in total. The van der Waals surface area contributed by atoms with Crippen molar-refractivity contribution in [3.63, 3.8) is 0 Å². The molecule has 2 amide bonds. The third-order valence-electron chi connectivity index (χ3n) is 3.73. The van der Waals surface area contributed by atoms with Gasteiger partial charge in [0.2, 0.25) is 0 Å². The number of fused-ring (bicyclic) bond motifs is 1. The molecule has 1 fully saturated rings. The summed E-state index contributed by atoms with van der Waals surface area (Å²) >= 11 is 0. The molecular formula is C15H15FN2O2. The summed E-state index contributed by atoms with van der Waals surface area (Å²) in [4.78, 5) is 25.4. The van der Waals surface area contributed by atoms with E-state index >= 15 is 0 Å². The van der Waals surface area contributed by atoms with Crippen LogP contribution < -0.4 is 5.32 Å². The standard InChI is InChI=1S/C15H15FN2O2/c16-13-9-17-7-5-10(13)6-8-18-14(19)11-3-1-2-4-12(11)15(18)20/h1-4,6,13,17H,5,7-9H2/b10-6+. The minimum Gasteiger partial charge on any atom is -0.313 e. The molecule has 0 aliphatic carbocycles. The Balaban J connectivity index is 1.78. The van der Waals surface area contributed by atoms with Crippen LogP contribution in [0.4, 0.5) is 4.39 Å². The number of halogens is 1. The van der Waals surface area contributed by atoms with Gasteiger partial charge >= 0.3 is 0 Å². The maximum absolute atomic E-state index is 13.7. The highest BCUT2D eigenvalue weighted by Gasteiger charge is 2.34. The van der Waals surface area contributed by atoms with E-state index in [-0.39, 0.29) is 18.4 Å². The molecule has 2 aliphatic heterocycles. The second kappa shape index (κ2) is 5.17. The predicted octanol–water partition coefficient (Wildman–Crippen LogP) is 1.54. The van der Waals surface area contributed by atoms with E-state index in [1.165, 1.54) is 4.90 Å². The fourth-order valence-corrected chi connectivity index (χ4v) is 2.59. The normalized spacial score (nSPS) is 24.4. The lowest BCUT2D eigenvalue weighted by atomic mass is 10.0. The monoisotopic (exact) mass is 274 g/mol. The van der Waals surface area contributed by atoms with Crippen LogP contribution in [-0.2, 0) is 0 Å². The van der Waals surface area contributed by atoms with E-state index in [1.54, 1.807) is 30.3 Å². The molecule has 1 aromatic rings. The van der Waals surface area contributed by atoms with Crippen LogP contribution in [-0.4, -0.2) is 42.5 Å². The lowest BCUT2D eigenvalue weighted by Gasteiger charge is -2.21. The molecule has 0 saturated carbocycles. The van der Waals surface area contributed by atoms with E-state index < -0.39 is 6.17 Å². The SMILES string of the molecule is O=C1c2ccccc2C(=O)N1C/C=C1\CCNCC1F. The topological polar surface area (TPSA) is 49.4 Å². The van der Waals surface area contributed by atoms with Crippen LogP contribution in [0.5, 0.6) is 0 Å². The fraction of sp³-hybridized carbons (Fsp3) is 0.333. The molecule has 1 saturated heterocycles. The first kappa shape index (κ1) is 13.0. The second-order valence-corrected chi connectivity index (χ2v) is 4.97. The number of carbonyl (C=O) groups is 2. The van der Waals surface area contributed by atoms with E-state index in [1.807, 2.05) is 0 Å². The molecule has 0 radical (unpaired) electrons. The minimum atomic E-state index is -1.03. The van der Waals surface area contributed by atoms with Crippen molar-refractivity contribution in [2.45, 2.75) is 12.6 Å². The summed E-state index contributed by atoms with van der Waals surface area (Å²) in [5, 5.41) is 2.96. The van der Waals surface area contributed by atoms with E-state index in [4.69, 9.17) is 0 Å². The van der Waals surface area contributed by atoms with Gasteiger partial charge in [0.25, 0.3) is 11.8 Å². The van der Waals surface area contributed by atoms with Gasteiger partial charge in [-0.15, -0.1) is 0 Å². The molecule has 2 heterocycles. The summed E-state index contributed by atoms with van der Waals surface area (Å²) in [7, 11) is 0. The molecule has 1 atom stereocenters. The average Bonchev–Trinajstić information content (AvgIpc) is 2.71. The fourth-order valence-electron chi connectivity index (χ4n) is 2.59. The third kappa shape index (κ3) is 2.14. The largest absolute Gasteiger partial charge is 0.313 e. The zero-order valence-corrected chi connectivity index (χ0v) is 10.9. The van der Waals surface area contributed by atoms with Crippen LogP contribution in [0.3, 0.4) is 0 Å². The number of nitrogens with one attached hydrogen (secondary N) is 1. The number of alkyl halides is 1. The van der Waals surface area contributed by atoms with Gasteiger partial charge < -0.3 is 5.32 Å². The summed E-state index contributed by atoms with van der Waals surface area (Å²) in [6.45, 7) is 1.17. The van der Waals surface area contributed by atoms with Crippen molar-refractivity contribution >= 4 is 11.8 Å². The Kier molecular flexibility index (Phi) is 3.36. The lowest BCUT2D eigenvalue weighted by Crippen LogP contribution is -2.34. The van der Waals surface area contributed by atoms with Crippen molar-refractivity contribution in [3.05, 3.63) is 47.0 Å². The molecule has 1 aromatic carbocycles. The van der Waals surface area contributed by atoms with Gasteiger partial charge in [-0.2, -0.15) is 0 Å². The number of nitrogens with zero attached hydrogens (tertiary/aromatic N) is 1. The molecule has 0 spiro atoms. The molecule has 104 valence electrons. The van der Waals surface area contributed by atoms with Crippen molar-refractivity contribution in [3.8, 4) is 0 Å². The molecule has 20 heavy (non-hydrogen) atoms. The van der Waals surface area contributed by atoms with Gasteiger partial charge in [-0.25, -0.2) is 4.39 Å². The number of carbonyl (C=O) groups excluding carboxylic acids is 2. The molecule has 5 heteroatoms. The van der Waals surface area contributed by atoms with Crippen molar-refractivity contribution in [2.75, 3.05) is 19.6 Å². The van der Waals surface area contributed by atoms with Crippen LogP contribution in [0.2, 0.25) is 0 Å². The highest BCUT2D eigenvalue weighted by atomic mass is 19.1. The van der Waals surface area contributed by atoms with E-state index in [9.17, 15) is 14.0 Å². The van der Waals surface area contributed by atoms with Gasteiger partial charge in [-0.05, 0) is 30.7 Å². The van der Waals surface area contributed by atoms with Gasteiger partial charge in [0, 0.05) is 13.1 Å². The summed E-state index contributed by atoms with van der Waals surface area (Å²) < 4.78 is 13.7. The van der Waals surface area contributed by atoms with Crippen LogP contribution >= 0.6 is 0 Å². The lowest BCUT2D eigenvalue weighted by molar-refractivity contribution is 0.0671. The first-order valence-electron chi connectivity index (χ1n) is 6.67. The van der Waals surface area contributed by atoms with Crippen LogP contribution in [0.15, 0.2) is 35.9 Å². The molecule has 4 nitrogen and oxygen atoms in total. The van der Waals surface area contributed by atoms with Gasteiger partial charge in [0.15, 0.2) is 0 Å². The number of benzene rings is 1. The molecule has 0 aromatic heterocycles. The van der Waals surface area contributed by atoms with Crippen LogP contribution in [0.1, 0.15) is 27.1 Å². The first-order chi connectivity index (χ1) is 9.68. The molecule has 3 rings (SSSR count). The van der Waals surface area contributed by atoms with Crippen molar-refractivity contribution in [2.24, 2.45) is 0 Å². The highest BCUT2D eigenvalue weighted by Crippen LogP contribution is 2.23.